The van der Waals surface area contributed by atoms with Crippen molar-refractivity contribution in [2.75, 3.05) is 13.1 Å². The topological polar surface area (TPSA) is 46.3 Å². The van der Waals surface area contributed by atoms with E-state index in [4.69, 9.17) is 5.73 Å². The number of amides is 1. The monoisotopic (exact) mass is 184 g/mol. The molecule has 0 bridgehead atoms. The van der Waals surface area contributed by atoms with Gasteiger partial charge in [0.2, 0.25) is 5.91 Å². The molecule has 0 spiro atoms. The predicted octanol–water partition coefficient (Wildman–Crippen LogP) is 0.838. The van der Waals surface area contributed by atoms with Crippen LogP contribution in [0.1, 0.15) is 27.2 Å². The van der Waals surface area contributed by atoms with Crippen molar-refractivity contribution < 1.29 is 4.79 Å². The SMILES string of the molecule is CCC1CN(C(=O)C(C)C)CC1N. The fraction of sp³-hybridized carbons (Fsp3) is 0.900. The Kier molecular flexibility index (Phi) is 3.31. The van der Waals surface area contributed by atoms with Crippen molar-refractivity contribution in [2.45, 2.75) is 33.2 Å². The van der Waals surface area contributed by atoms with Gasteiger partial charge in [-0.2, -0.15) is 0 Å². The minimum absolute atomic E-state index is 0.0998. The highest BCUT2D eigenvalue weighted by atomic mass is 16.2. The van der Waals surface area contributed by atoms with E-state index in [1.54, 1.807) is 0 Å². The number of carbonyl (C=O) groups excluding carboxylic acids is 1. The van der Waals surface area contributed by atoms with Crippen molar-refractivity contribution >= 4 is 5.91 Å². The second kappa shape index (κ2) is 4.09. The summed E-state index contributed by atoms with van der Waals surface area (Å²) in [6, 6.07) is 0.188. The van der Waals surface area contributed by atoms with Crippen molar-refractivity contribution in [1.82, 2.24) is 4.90 Å². The van der Waals surface area contributed by atoms with E-state index in [1.165, 1.54) is 0 Å². The van der Waals surface area contributed by atoms with Crippen LogP contribution in [0.2, 0.25) is 0 Å². The third-order valence-electron chi connectivity index (χ3n) is 2.82. The van der Waals surface area contributed by atoms with Crippen LogP contribution in [-0.2, 0) is 4.79 Å². The number of nitrogens with zero attached hydrogens (tertiary/aromatic N) is 1. The summed E-state index contributed by atoms with van der Waals surface area (Å²) in [4.78, 5) is 13.5. The third-order valence-corrected chi connectivity index (χ3v) is 2.82. The molecule has 0 aromatic heterocycles. The summed E-state index contributed by atoms with van der Waals surface area (Å²) >= 11 is 0. The predicted molar refractivity (Wildman–Crippen MR) is 53.2 cm³/mol. The van der Waals surface area contributed by atoms with Crippen molar-refractivity contribution in [2.24, 2.45) is 17.6 Å². The van der Waals surface area contributed by atoms with Crippen LogP contribution in [-0.4, -0.2) is 29.9 Å². The Balaban J connectivity index is 2.53. The van der Waals surface area contributed by atoms with E-state index < -0.39 is 0 Å². The Morgan fingerprint density at radius 1 is 1.54 bits per heavy atom. The highest BCUT2D eigenvalue weighted by molar-refractivity contribution is 5.78. The quantitative estimate of drug-likeness (QED) is 0.691. The summed E-state index contributed by atoms with van der Waals surface area (Å²) in [5, 5.41) is 0. The molecule has 0 radical (unpaired) electrons. The summed E-state index contributed by atoms with van der Waals surface area (Å²) in [7, 11) is 0. The van der Waals surface area contributed by atoms with E-state index in [1.807, 2.05) is 18.7 Å². The van der Waals surface area contributed by atoms with Crippen LogP contribution in [0.3, 0.4) is 0 Å². The average molecular weight is 184 g/mol. The van der Waals surface area contributed by atoms with E-state index in [2.05, 4.69) is 6.92 Å². The first-order valence-electron chi connectivity index (χ1n) is 5.10. The van der Waals surface area contributed by atoms with Crippen LogP contribution in [0.15, 0.2) is 0 Å². The Morgan fingerprint density at radius 3 is 2.54 bits per heavy atom. The second-order valence-corrected chi connectivity index (χ2v) is 4.23. The van der Waals surface area contributed by atoms with Gasteiger partial charge < -0.3 is 10.6 Å². The third kappa shape index (κ3) is 2.21. The maximum Gasteiger partial charge on any atom is 0.225 e. The maximum absolute atomic E-state index is 11.6. The lowest BCUT2D eigenvalue weighted by Crippen LogP contribution is -2.34. The fourth-order valence-electron chi connectivity index (χ4n) is 1.87. The molecule has 76 valence electrons. The number of hydrogen-bond donors (Lipinski definition) is 1. The average Bonchev–Trinajstić information content (AvgIpc) is 2.45. The second-order valence-electron chi connectivity index (χ2n) is 4.23. The first kappa shape index (κ1) is 10.5. The molecule has 1 saturated heterocycles. The van der Waals surface area contributed by atoms with Crippen LogP contribution in [0.4, 0.5) is 0 Å². The zero-order valence-corrected chi connectivity index (χ0v) is 8.79. The van der Waals surface area contributed by atoms with Crippen LogP contribution < -0.4 is 5.73 Å². The molecule has 13 heavy (non-hydrogen) atoms. The molecule has 0 aromatic carbocycles. The van der Waals surface area contributed by atoms with Gasteiger partial charge in [0.25, 0.3) is 0 Å². The van der Waals surface area contributed by atoms with E-state index in [9.17, 15) is 4.79 Å². The molecule has 0 aromatic rings. The Hall–Kier alpha value is -0.570. The molecular formula is C10H20N2O. The van der Waals surface area contributed by atoms with E-state index in [0.29, 0.717) is 5.92 Å². The van der Waals surface area contributed by atoms with Gasteiger partial charge in [-0.3, -0.25) is 4.79 Å². The van der Waals surface area contributed by atoms with E-state index in [-0.39, 0.29) is 17.9 Å². The van der Waals surface area contributed by atoms with Gasteiger partial charge in [0, 0.05) is 25.0 Å². The number of rotatable bonds is 2. The molecule has 1 rings (SSSR count). The summed E-state index contributed by atoms with van der Waals surface area (Å²) in [5.41, 5.74) is 5.92. The zero-order chi connectivity index (χ0) is 10.0. The number of likely N-dealkylation sites (tertiary alicyclic amines) is 1. The van der Waals surface area contributed by atoms with Crippen molar-refractivity contribution in [3.63, 3.8) is 0 Å². The Morgan fingerprint density at radius 2 is 2.15 bits per heavy atom. The lowest BCUT2D eigenvalue weighted by atomic mass is 10.0. The highest BCUT2D eigenvalue weighted by Gasteiger charge is 2.32. The van der Waals surface area contributed by atoms with E-state index >= 15 is 0 Å². The number of carbonyl (C=O) groups is 1. The molecule has 3 nitrogen and oxygen atoms in total. The molecule has 1 aliphatic heterocycles. The molecule has 2 atom stereocenters. The van der Waals surface area contributed by atoms with Gasteiger partial charge in [0.1, 0.15) is 0 Å². The molecule has 1 fully saturated rings. The van der Waals surface area contributed by atoms with Crippen molar-refractivity contribution in [1.29, 1.82) is 0 Å². The van der Waals surface area contributed by atoms with E-state index in [0.717, 1.165) is 19.5 Å². The molecule has 1 amide bonds. The van der Waals surface area contributed by atoms with Gasteiger partial charge in [-0.15, -0.1) is 0 Å². The zero-order valence-electron chi connectivity index (χ0n) is 8.79. The molecular weight excluding hydrogens is 164 g/mol. The standard InChI is InChI=1S/C10H20N2O/c1-4-8-5-12(6-9(8)11)10(13)7(2)3/h7-9H,4-6,11H2,1-3H3. The maximum atomic E-state index is 11.6. The number of nitrogens with two attached hydrogens (primary N) is 1. The van der Waals surface area contributed by atoms with Gasteiger partial charge >= 0.3 is 0 Å². The van der Waals surface area contributed by atoms with Crippen LogP contribution in [0.25, 0.3) is 0 Å². The van der Waals surface area contributed by atoms with Crippen molar-refractivity contribution in [3.05, 3.63) is 0 Å². The van der Waals surface area contributed by atoms with Crippen LogP contribution >= 0.6 is 0 Å². The van der Waals surface area contributed by atoms with Gasteiger partial charge in [-0.25, -0.2) is 0 Å². The summed E-state index contributed by atoms with van der Waals surface area (Å²) in [6.45, 7) is 7.61. The lowest BCUT2D eigenvalue weighted by Gasteiger charge is -2.18. The molecule has 1 heterocycles. The Bertz CT molecular complexity index is 191. The smallest absolute Gasteiger partial charge is 0.225 e. The molecule has 3 heteroatoms. The fourth-order valence-corrected chi connectivity index (χ4v) is 1.87. The van der Waals surface area contributed by atoms with Gasteiger partial charge in [-0.05, 0) is 5.92 Å². The Labute approximate surface area is 80.3 Å². The molecule has 2 unspecified atom stereocenters. The van der Waals surface area contributed by atoms with Crippen LogP contribution in [0.5, 0.6) is 0 Å². The van der Waals surface area contributed by atoms with Gasteiger partial charge in [0.05, 0.1) is 0 Å². The normalized spacial score (nSPS) is 28.5. The molecule has 2 N–H and O–H groups in total. The minimum Gasteiger partial charge on any atom is -0.341 e. The number of hydrogen-bond acceptors (Lipinski definition) is 2. The first-order valence-corrected chi connectivity index (χ1v) is 5.10. The highest BCUT2D eigenvalue weighted by Crippen LogP contribution is 2.19. The lowest BCUT2D eigenvalue weighted by molar-refractivity contribution is -0.133. The van der Waals surface area contributed by atoms with Gasteiger partial charge in [0.15, 0.2) is 0 Å². The van der Waals surface area contributed by atoms with Crippen molar-refractivity contribution in [3.8, 4) is 0 Å². The molecule has 1 aliphatic rings. The first-order chi connectivity index (χ1) is 6.06. The minimum atomic E-state index is 0.0998. The molecule has 0 aliphatic carbocycles. The summed E-state index contributed by atoms with van der Waals surface area (Å²) < 4.78 is 0. The largest absolute Gasteiger partial charge is 0.341 e. The summed E-state index contributed by atoms with van der Waals surface area (Å²) in [5.74, 6) is 0.844. The molecule has 0 saturated carbocycles. The van der Waals surface area contributed by atoms with Crippen LogP contribution in [0, 0.1) is 11.8 Å². The van der Waals surface area contributed by atoms with Gasteiger partial charge in [-0.1, -0.05) is 27.2 Å². The summed E-state index contributed by atoms with van der Waals surface area (Å²) in [6.07, 6.45) is 1.07.